The summed E-state index contributed by atoms with van der Waals surface area (Å²) in [6.45, 7) is 11.2. The summed E-state index contributed by atoms with van der Waals surface area (Å²) in [6.07, 6.45) is 1.21. The van der Waals surface area contributed by atoms with Crippen LogP contribution in [0.4, 0.5) is 0 Å². The van der Waals surface area contributed by atoms with Gasteiger partial charge in [0, 0.05) is 25.0 Å². The van der Waals surface area contributed by atoms with E-state index in [2.05, 4.69) is 68.4 Å². The van der Waals surface area contributed by atoms with Crippen molar-refractivity contribution in [1.29, 1.82) is 0 Å². The monoisotopic (exact) mass is 248 g/mol. The van der Waals surface area contributed by atoms with Crippen LogP contribution >= 0.6 is 0 Å². The Hall–Kier alpha value is -0.860. The van der Waals surface area contributed by atoms with Crippen LogP contribution < -0.4 is 5.32 Å². The Kier molecular flexibility index (Phi) is 6.37. The van der Waals surface area contributed by atoms with Crippen molar-refractivity contribution < 1.29 is 0 Å². The minimum atomic E-state index is 0.209. The van der Waals surface area contributed by atoms with Gasteiger partial charge >= 0.3 is 0 Å². The van der Waals surface area contributed by atoms with Crippen LogP contribution in [0.5, 0.6) is 0 Å². The molecule has 0 fully saturated rings. The predicted octanol–water partition coefficient (Wildman–Crippen LogP) is 2.90. The maximum atomic E-state index is 3.45. The average molecular weight is 248 g/mol. The van der Waals surface area contributed by atoms with Gasteiger partial charge in [-0.05, 0) is 25.6 Å². The molecule has 0 aromatic heterocycles. The molecule has 0 aliphatic carbocycles. The summed E-state index contributed by atoms with van der Waals surface area (Å²) < 4.78 is 0. The molecule has 18 heavy (non-hydrogen) atoms. The molecule has 0 saturated heterocycles. The third-order valence-electron chi connectivity index (χ3n) is 3.32. The molecule has 0 amide bonds. The molecule has 0 spiro atoms. The van der Waals surface area contributed by atoms with Crippen LogP contribution in [0.2, 0.25) is 0 Å². The molecular formula is C16H28N2. The molecule has 102 valence electrons. The molecule has 0 heterocycles. The summed E-state index contributed by atoms with van der Waals surface area (Å²) in [5.41, 5.74) is 1.62. The second-order valence-electron chi connectivity index (χ2n) is 5.74. The Bertz CT molecular complexity index is 319. The lowest BCUT2D eigenvalue weighted by Gasteiger charge is -2.31. The van der Waals surface area contributed by atoms with Crippen molar-refractivity contribution in [3.63, 3.8) is 0 Å². The summed E-state index contributed by atoms with van der Waals surface area (Å²) in [4.78, 5) is 2.41. The molecule has 0 bridgehead atoms. The van der Waals surface area contributed by atoms with Gasteiger partial charge in [-0.15, -0.1) is 0 Å². The fraction of sp³-hybridized carbons (Fsp3) is 0.625. The highest BCUT2D eigenvalue weighted by Gasteiger charge is 2.21. The van der Waals surface area contributed by atoms with E-state index in [4.69, 9.17) is 0 Å². The van der Waals surface area contributed by atoms with E-state index in [0.29, 0.717) is 0 Å². The molecule has 0 radical (unpaired) electrons. The van der Waals surface area contributed by atoms with Crippen molar-refractivity contribution >= 4 is 0 Å². The van der Waals surface area contributed by atoms with Crippen molar-refractivity contribution in [3.05, 3.63) is 35.9 Å². The summed E-state index contributed by atoms with van der Waals surface area (Å²) in [7, 11) is 2.21. The van der Waals surface area contributed by atoms with E-state index in [9.17, 15) is 0 Å². The number of nitrogens with zero attached hydrogens (tertiary/aromatic N) is 1. The Balaban J connectivity index is 2.40. The summed E-state index contributed by atoms with van der Waals surface area (Å²) in [5.74, 6) is 0. The highest BCUT2D eigenvalue weighted by molar-refractivity contribution is 5.23. The molecule has 0 aliphatic heterocycles. The maximum Gasteiger partial charge on any atom is 0.0104 e. The molecule has 0 saturated carbocycles. The maximum absolute atomic E-state index is 3.45. The first-order valence-electron chi connectivity index (χ1n) is 7.01. The van der Waals surface area contributed by atoms with Crippen molar-refractivity contribution in [2.75, 3.05) is 33.2 Å². The first kappa shape index (κ1) is 15.2. The van der Waals surface area contributed by atoms with E-state index in [1.807, 2.05) is 0 Å². The van der Waals surface area contributed by atoms with Crippen molar-refractivity contribution in [2.45, 2.75) is 32.6 Å². The van der Waals surface area contributed by atoms with Gasteiger partial charge < -0.3 is 10.2 Å². The van der Waals surface area contributed by atoms with Crippen molar-refractivity contribution in [2.24, 2.45) is 0 Å². The van der Waals surface area contributed by atoms with Crippen LogP contribution in [0.15, 0.2) is 30.3 Å². The molecule has 1 aromatic carbocycles. The van der Waals surface area contributed by atoms with E-state index in [-0.39, 0.29) is 5.41 Å². The van der Waals surface area contributed by atoms with Crippen molar-refractivity contribution in [1.82, 2.24) is 10.2 Å². The van der Waals surface area contributed by atoms with E-state index >= 15 is 0 Å². The quantitative estimate of drug-likeness (QED) is 0.712. The number of benzene rings is 1. The predicted molar refractivity (Wildman–Crippen MR) is 80.1 cm³/mol. The SMILES string of the molecule is CCCNCCN(C)CC(C)(C)c1ccccc1. The molecule has 2 heteroatoms. The zero-order chi connectivity index (χ0) is 13.4. The summed E-state index contributed by atoms with van der Waals surface area (Å²) >= 11 is 0. The normalized spacial score (nSPS) is 12.1. The van der Waals surface area contributed by atoms with Gasteiger partial charge in [-0.3, -0.25) is 0 Å². The van der Waals surface area contributed by atoms with Crippen LogP contribution in [0, 0.1) is 0 Å². The van der Waals surface area contributed by atoms with Gasteiger partial charge in [0.25, 0.3) is 0 Å². The zero-order valence-corrected chi connectivity index (χ0v) is 12.4. The minimum Gasteiger partial charge on any atom is -0.315 e. The van der Waals surface area contributed by atoms with Gasteiger partial charge in [0.05, 0.1) is 0 Å². The number of rotatable bonds is 8. The largest absolute Gasteiger partial charge is 0.315 e. The highest BCUT2D eigenvalue weighted by Crippen LogP contribution is 2.23. The second kappa shape index (κ2) is 7.55. The standard InChI is InChI=1S/C16H28N2/c1-5-11-17-12-13-18(4)14-16(2,3)15-9-7-6-8-10-15/h6-10,17H,5,11-14H2,1-4H3. The molecule has 0 aliphatic rings. The summed E-state index contributed by atoms with van der Waals surface area (Å²) in [6, 6.07) is 10.8. The third-order valence-corrected chi connectivity index (χ3v) is 3.32. The van der Waals surface area contributed by atoms with Gasteiger partial charge in [-0.25, -0.2) is 0 Å². The Morgan fingerprint density at radius 2 is 1.78 bits per heavy atom. The number of hydrogen-bond acceptors (Lipinski definition) is 2. The zero-order valence-electron chi connectivity index (χ0n) is 12.4. The Morgan fingerprint density at radius 1 is 1.11 bits per heavy atom. The fourth-order valence-electron chi connectivity index (χ4n) is 2.31. The smallest absolute Gasteiger partial charge is 0.0104 e. The molecule has 0 atom stereocenters. The van der Waals surface area contributed by atoms with E-state index in [1.165, 1.54) is 12.0 Å². The van der Waals surface area contributed by atoms with Gasteiger partial charge in [0.1, 0.15) is 0 Å². The second-order valence-corrected chi connectivity index (χ2v) is 5.74. The van der Waals surface area contributed by atoms with Crippen LogP contribution in [-0.2, 0) is 5.41 Å². The van der Waals surface area contributed by atoms with Gasteiger partial charge in [0.15, 0.2) is 0 Å². The lowest BCUT2D eigenvalue weighted by Crippen LogP contribution is -2.38. The molecule has 1 rings (SSSR count). The van der Waals surface area contributed by atoms with Gasteiger partial charge in [-0.2, -0.15) is 0 Å². The molecule has 0 unspecified atom stereocenters. The highest BCUT2D eigenvalue weighted by atomic mass is 15.1. The van der Waals surface area contributed by atoms with Gasteiger partial charge in [0.2, 0.25) is 0 Å². The van der Waals surface area contributed by atoms with Crippen LogP contribution in [-0.4, -0.2) is 38.1 Å². The minimum absolute atomic E-state index is 0.209. The average Bonchev–Trinajstić information content (AvgIpc) is 2.35. The molecular weight excluding hydrogens is 220 g/mol. The van der Waals surface area contributed by atoms with Crippen LogP contribution in [0.1, 0.15) is 32.8 Å². The number of hydrogen-bond donors (Lipinski definition) is 1. The molecule has 1 aromatic rings. The van der Waals surface area contributed by atoms with E-state index < -0.39 is 0 Å². The lowest BCUT2D eigenvalue weighted by atomic mass is 9.84. The number of likely N-dealkylation sites (N-methyl/N-ethyl adjacent to an activating group) is 1. The van der Waals surface area contributed by atoms with Crippen LogP contribution in [0.3, 0.4) is 0 Å². The molecule has 2 nitrogen and oxygen atoms in total. The Morgan fingerprint density at radius 3 is 2.39 bits per heavy atom. The van der Waals surface area contributed by atoms with Gasteiger partial charge in [-0.1, -0.05) is 51.1 Å². The third kappa shape index (κ3) is 5.19. The number of nitrogens with one attached hydrogen (secondary N) is 1. The van der Waals surface area contributed by atoms with E-state index in [0.717, 1.165) is 26.2 Å². The molecule has 1 N–H and O–H groups in total. The van der Waals surface area contributed by atoms with Crippen molar-refractivity contribution in [3.8, 4) is 0 Å². The van der Waals surface area contributed by atoms with Crippen LogP contribution in [0.25, 0.3) is 0 Å². The Labute approximate surface area is 112 Å². The topological polar surface area (TPSA) is 15.3 Å². The lowest BCUT2D eigenvalue weighted by molar-refractivity contribution is 0.267. The summed E-state index contributed by atoms with van der Waals surface area (Å²) in [5, 5.41) is 3.45. The first-order chi connectivity index (χ1) is 8.56. The first-order valence-corrected chi connectivity index (χ1v) is 7.01. The fourth-order valence-corrected chi connectivity index (χ4v) is 2.31. The van der Waals surface area contributed by atoms with E-state index in [1.54, 1.807) is 0 Å².